The van der Waals surface area contributed by atoms with Gasteiger partial charge in [-0.2, -0.15) is 13.2 Å². The number of amides is 2. The number of piperidine rings is 1. The average Bonchev–Trinajstić information content (AvgIpc) is 2.60. The van der Waals surface area contributed by atoms with Crippen molar-refractivity contribution < 1.29 is 27.5 Å². The summed E-state index contributed by atoms with van der Waals surface area (Å²) >= 11 is 0. The zero-order chi connectivity index (χ0) is 21.8. The van der Waals surface area contributed by atoms with E-state index in [0.717, 1.165) is 36.3 Å². The van der Waals surface area contributed by atoms with Crippen molar-refractivity contribution in [1.29, 1.82) is 0 Å². The van der Waals surface area contributed by atoms with E-state index in [0.29, 0.717) is 18.8 Å². The summed E-state index contributed by atoms with van der Waals surface area (Å²) in [6.07, 6.45) is -2.26. The molecule has 0 saturated carbocycles. The van der Waals surface area contributed by atoms with Crippen molar-refractivity contribution in [3.8, 4) is 0 Å². The Bertz CT molecular complexity index is 739. The highest BCUT2D eigenvalue weighted by molar-refractivity contribution is 5.97. The van der Waals surface area contributed by atoms with Crippen LogP contribution in [0.4, 0.5) is 29.3 Å². The maximum absolute atomic E-state index is 13.2. The molecule has 1 N–H and O–H groups in total. The van der Waals surface area contributed by atoms with Gasteiger partial charge in [-0.1, -0.05) is 0 Å². The SMILES string of the molecule is CN(CC(=O)Nc1cc(C(F)(F)F)ccc1N1CCCCC1)C(=O)OC(C)(C)C. The molecule has 1 saturated heterocycles. The molecule has 1 aromatic rings. The van der Waals surface area contributed by atoms with Crippen LogP contribution < -0.4 is 10.2 Å². The van der Waals surface area contributed by atoms with Gasteiger partial charge in [0.25, 0.3) is 0 Å². The van der Waals surface area contributed by atoms with Gasteiger partial charge in [0, 0.05) is 20.1 Å². The second-order valence-corrected chi connectivity index (χ2v) is 8.16. The molecular weight excluding hydrogens is 387 g/mol. The monoisotopic (exact) mass is 415 g/mol. The Morgan fingerprint density at radius 1 is 1.14 bits per heavy atom. The molecule has 0 bridgehead atoms. The summed E-state index contributed by atoms with van der Waals surface area (Å²) in [5.41, 5.74) is -0.922. The van der Waals surface area contributed by atoms with Gasteiger partial charge in [-0.15, -0.1) is 0 Å². The highest BCUT2D eigenvalue weighted by Crippen LogP contribution is 2.36. The molecule has 0 unspecified atom stereocenters. The number of benzene rings is 1. The molecule has 1 fully saturated rings. The molecular formula is C20H28F3N3O3. The Morgan fingerprint density at radius 3 is 2.31 bits per heavy atom. The van der Waals surface area contributed by atoms with Gasteiger partial charge in [0.1, 0.15) is 12.1 Å². The maximum atomic E-state index is 13.2. The van der Waals surface area contributed by atoms with Crippen molar-refractivity contribution in [2.75, 3.05) is 36.9 Å². The second-order valence-electron chi connectivity index (χ2n) is 8.16. The van der Waals surface area contributed by atoms with Crippen LogP contribution in [0, 0.1) is 0 Å². The molecule has 0 radical (unpaired) electrons. The first-order valence-electron chi connectivity index (χ1n) is 9.57. The van der Waals surface area contributed by atoms with Gasteiger partial charge < -0.3 is 19.9 Å². The molecule has 2 amide bonds. The second kappa shape index (κ2) is 8.92. The van der Waals surface area contributed by atoms with Crippen molar-refractivity contribution in [3.63, 3.8) is 0 Å². The van der Waals surface area contributed by atoms with E-state index in [9.17, 15) is 22.8 Å². The van der Waals surface area contributed by atoms with E-state index in [4.69, 9.17) is 4.74 Å². The molecule has 6 nitrogen and oxygen atoms in total. The van der Waals surface area contributed by atoms with Crippen LogP contribution in [-0.4, -0.2) is 49.2 Å². The number of carbonyl (C=O) groups excluding carboxylic acids is 2. The fourth-order valence-corrected chi connectivity index (χ4v) is 3.03. The lowest BCUT2D eigenvalue weighted by atomic mass is 10.1. The van der Waals surface area contributed by atoms with Crippen LogP contribution in [0.3, 0.4) is 0 Å². The largest absolute Gasteiger partial charge is 0.444 e. The van der Waals surface area contributed by atoms with E-state index in [1.807, 2.05) is 4.90 Å². The fraction of sp³-hybridized carbons (Fsp3) is 0.600. The van der Waals surface area contributed by atoms with Gasteiger partial charge in [0.2, 0.25) is 5.91 Å². The quantitative estimate of drug-likeness (QED) is 0.787. The van der Waals surface area contributed by atoms with Gasteiger partial charge >= 0.3 is 12.3 Å². The van der Waals surface area contributed by atoms with Gasteiger partial charge in [0.05, 0.1) is 16.9 Å². The number of nitrogens with one attached hydrogen (secondary N) is 1. The average molecular weight is 415 g/mol. The Kier molecular flexibility index (Phi) is 7.02. The number of ether oxygens (including phenoxy) is 1. The molecule has 29 heavy (non-hydrogen) atoms. The molecule has 1 aliphatic rings. The summed E-state index contributed by atoms with van der Waals surface area (Å²) in [7, 11) is 1.39. The number of rotatable bonds is 4. The summed E-state index contributed by atoms with van der Waals surface area (Å²) in [5.74, 6) is -0.601. The summed E-state index contributed by atoms with van der Waals surface area (Å²) < 4.78 is 44.7. The lowest BCUT2D eigenvalue weighted by Crippen LogP contribution is -2.39. The van der Waals surface area contributed by atoms with Crippen LogP contribution in [0.15, 0.2) is 18.2 Å². The minimum Gasteiger partial charge on any atom is -0.444 e. The van der Waals surface area contributed by atoms with Gasteiger partial charge in [-0.25, -0.2) is 4.79 Å². The number of carbonyl (C=O) groups is 2. The Hall–Kier alpha value is -2.45. The number of halogens is 3. The first-order chi connectivity index (χ1) is 13.4. The zero-order valence-electron chi connectivity index (χ0n) is 17.2. The Labute approximate surface area is 169 Å². The van der Waals surface area contributed by atoms with Crippen LogP contribution in [0.5, 0.6) is 0 Å². The molecule has 0 aliphatic carbocycles. The molecule has 0 aromatic heterocycles. The van der Waals surface area contributed by atoms with E-state index in [1.165, 1.54) is 13.1 Å². The smallest absolute Gasteiger partial charge is 0.416 e. The van der Waals surface area contributed by atoms with E-state index >= 15 is 0 Å². The molecule has 1 heterocycles. The molecule has 9 heteroatoms. The van der Waals surface area contributed by atoms with Crippen molar-refractivity contribution in [2.45, 2.75) is 51.8 Å². The lowest BCUT2D eigenvalue weighted by molar-refractivity contribution is -0.137. The third-order valence-electron chi connectivity index (χ3n) is 4.38. The zero-order valence-corrected chi connectivity index (χ0v) is 17.2. The van der Waals surface area contributed by atoms with Gasteiger partial charge in [0.15, 0.2) is 0 Å². The molecule has 1 aromatic carbocycles. The number of anilines is 2. The maximum Gasteiger partial charge on any atom is 0.416 e. The minimum absolute atomic E-state index is 0.0873. The minimum atomic E-state index is -4.52. The third kappa shape index (κ3) is 6.83. The van der Waals surface area contributed by atoms with Crippen molar-refractivity contribution in [2.24, 2.45) is 0 Å². The number of nitrogens with zero attached hydrogens (tertiary/aromatic N) is 2. The van der Waals surface area contributed by atoms with Crippen molar-refractivity contribution in [3.05, 3.63) is 23.8 Å². The first-order valence-corrected chi connectivity index (χ1v) is 9.57. The lowest BCUT2D eigenvalue weighted by Gasteiger charge is -2.31. The highest BCUT2D eigenvalue weighted by Gasteiger charge is 2.32. The topological polar surface area (TPSA) is 61.9 Å². The molecule has 2 rings (SSSR count). The molecule has 0 atom stereocenters. The van der Waals surface area contributed by atoms with Crippen LogP contribution >= 0.6 is 0 Å². The fourth-order valence-electron chi connectivity index (χ4n) is 3.03. The summed E-state index contributed by atoms with van der Waals surface area (Å²) in [4.78, 5) is 27.5. The third-order valence-corrected chi connectivity index (χ3v) is 4.38. The Balaban J connectivity index is 2.17. The van der Waals surface area contributed by atoms with E-state index < -0.39 is 29.3 Å². The van der Waals surface area contributed by atoms with Crippen LogP contribution in [0.25, 0.3) is 0 Å². The number of alkyl halides is 3. The van der Waals surface area contributed by atoms with Gasteiger partial charge in [-0.05, 0) is 58.2 Å². The Morgan fingerprint density at radius 2 is 1.76 bits per heavy atom. The van der Waals surface area contributed by atoms with Crippen LogP contribution in [-0.2, 0) is 15.7 Å². The van der Waals surface area contributed by atoms with Crippen molar-refractivity contribution in [1.82, 2.24) is 4.90 Å². The summed E-state index contributed by atoms with van der Waals surface area (Å²) in [6.45, 7) is 6.19. The van der Waals surface area contributed by atoms with Gasteiger partial charge in [-0.3, -0.25) is 4.79 Å². The molecule has 162 valence electrons. The summed E-state index contributed by atoms with van der Waals surface area (Å²) in [6, 6.07) is 3.35. The number of hydrogen-bond donors (Lipinski definition) is 1. The van der Waals surface area contributed by atoms with E-state index in [2.05, 4.69) is 5.32 Å². The predicted molar refractivity (Wildman–Crippen MR) is 105 cm³/mol. The summed E-state index contributed by atoms with van der Waals surface area (Å²) in [5, 5.41) is 2.54. The normalized spacial score (nSPS) is 15.1. The van der Waals surface area contributed by atoms with Crippen LogP contribution in [0.2, 0.25) is 0 Å². The highest BCUT2D eigenvalue weighted by atomic mass is 19.4. The first kappa shape index (κ1) is 22.8. The standard InChI is InChI=1S/C20H28F3N3O3/c1-19(2,3)29-18(28)25(4)13-17(27)24-15-12-14(20(21,22)23)8-9-16(15)26-10-6-5-7-11-26/h8-9,12H,5-7,10-11,13H2,1-4H3,(H,24,27). The van der Waals surface area contributed by atoms with Crippen LogP contribution in [0.1, 0.15) is 45.6 Å². The number of hydrogen-bond acceptors (Lipinski definition) is 4. The predicted octanol–water partition coefficient (Wildman–Crippen LogP) is 4.50. The molecule has 0 spiro atoms. The van der Waals surface area contributed by atoms with Crippen molar-refractivity contribution >= 4 is 23.4 Å². The van der Waals surface area contributed by atoms with E-state index in [-0.39, 0.29) is 12.2 Å². The molecule has 1 aliphatic heterocycles. The van der Waals surface area contributed by atoms with E-state index in [1.54, 1.807) is 20.8 Å². The number of likely N-dealkylation sites (N-methyl/N-ethyl adjacent to an activating group) is 1.